The van der Waals surface area contributed by atoms with Gasteiger partial charge < -0.3 is 15.5 Å². The molecule has 2 aromatic rings. The second-order valence-corrected chi connectivity index (χ2v) is 7.74. The molecule has 140 valence electrons. The van der Waals surface area contributed by atoms with E-state index in [-0.39, 0.29) is 5.91 Å². The third-order valence-corrected chi connectivity index (χ3v) is 5.36. The standard InChI is InChI=1S/C18H26N6OS/c1-12-21-15(11-26-12)8-17(25)24(3)10-14-7-16(19-2)23-18(22-14)13-5-4-6-20-9-13/h7,11,13,20H,4-6,8-10H2,1-3H3,(H,19,22,23)/t13-/m0/s1. The van der Waals surface area contributed by atoms with E-state index in [0.29, 0.717) is 18.9 Å². The lowest BCUT2D eigenvalue weighted by molar-refractivity contribution is -0.129. The molecule has 2 aromatic heterocycles. The van der Waals surface area contributed by atoms with Crippen LogP contribution in [0, 0.1) is 6.92 Å². The Kier molecular flexibility index (Phi) is 6.16. The highest BCUT2D eigenvalue weighted by atomic mass is 32.1. The van der Waals surface area contributed by atoms with Crippen molar-refractivity contribution >= 4 is 23.1 Å². The van der Waals surface area contributed by atoms with Gasteiger partial charge in [-0.1, -0.05) is 0 Å². The number of carbonyl (C=O) groups is 1. The van der Waals surface area contributed by atoms with E-state index in [9.17, 15) is 4.79 Å². The molecular formula is C18H26N6OS. The van der Waals surface area contributed by atoms with Crippen molar-refractivity contribution in [1.82, 2.24) is 25.2 Å². The summed E-state index contributed by atoms with van der Waals surface area (Å²) < 4.78 is 0. The molecule has 3 heterocycles. The van der Waals surface area contributed by atoms with E-state index in [1.807, 2.05) is 32.5 Å². The Morgan fingerprint density at radius 2 is 2.23 bits per heavy atom. The molecule has 0 spiro atoms. The lowest BCUT2D eigenvalue weighted by Crippen LogP contribution is -2.31. The van der Waals surface area contributed by atoms with Crippen LogP contribution >= 0.6 is 11.3 Å². The number of thiazole rings is 1. The zero-order chi connectivity index (χ0) is 18.5. The van der Waals surface area contributed by atoms with Gasteiger partial charge in [-0.3, -0.25) is 4.79 Å². The Morgan fingerprint density at radius 1 is 1.38 bits per heavy atom. The van der Waals surface area contributed by atoms with Gasteiger partial charge in [0.05, 0.1) is 29.4 Å². The summed E-state index contributed by atoms with van der Waals surface area (Å²) in [5.74, 6) is 2.03. The Labute approximate surface area is 158 Å². The molecular weight excluding hydrogens is 348 g/mol. The summed E-state index contributed by atoms with van der Waals surface area (Å²) in [6.45, 7) is 4.38. The summed E-state index contributed by atoms with van der Waals surface area (Å²) in [5.41, 5.74) is 1.69. The van der Waals surface area contributed by atoms with Crippen molar-refractivity contribution in [2.24, 2.45) is 0 Å². The molecule has 1 saturated heterocycles. The van der Waals surface area contributed by atoms with Gasteiger partial charge in [0.15, 0.2) is 0 Å². The average molecular weight is 375 g/mol. The quantitative estimate of drug-likeness (QED) is 0.804. The SMILES string of the molecule is CNc1cc(CN(C)C(=O)Cc2csc(C)n2)nc([C@H]2CCCNC2)n1. The number of piperidine rings is 1. The Hall–Kier alpha value is -2.06. The largest absolute Gasteiger partial charge is 0.373 e. The maximum Gasteiger partial charge on any atom is 0.228 e. The summed E-state index contributed by atoms with van der Waals surface area (Å²) in [6, 6.07) is 1.91. The van der Waals surface area contributed by atoms with Gasteiger partial charge in [0, 0.05) is 38.0 Å². The van der Waals surface area contributed by atoms with Gasteiger partial charge in [0.2, 0.25) is 5.91 Å². The molecule has 1 atom stereocenters. The van der Waals surface area contributed by atoms with Gasteiger partial charge in [-0.25, -0.2) is 15.0 Å². The maximum atomic E-state index is 12.5. The molecule has 7 nitrogen and oxygen atoms in total. The van der Waals surface area contributed by atoms with E-state index in [0.717, 1.165) is 54.0 Å². The maximum absolute atomic E-state index is 12.5. The minimum absolute atomic E-state index is 0.0424. The topological polar surface area (TPSA) is 83.0 Å². The first-order valence-corrected chi connectivity index (χ1v) is 9.84. The monoisotopic (exact) mass is 374 g/mol. The molecule has 1 aliphatic heterocycles. The number of likely N-dealkylation sites (N-methyl/N-ethyl adjacent to an activating group) is 1. The molecule has 0 saturated carbocycles. The zero-order valence-corrected chi connectivity index (χ0v) is 16.4. The summed E-state index contributed by atoms with van der Waals surface area (Å²) in [7, 11) is 3.67. The number of hydrogen-bond acceptors (Lipinski definition) is 7. The Morgan fingerprint density at radius 3 is 2.88 bits per heavy atom. The lowest BCUT2D eigenvalue weighted by Gasteiger charge is -2.23. The molecule has 0 aromatic carbocycles. The van der Waals surface area contributed by atoms with Gasteiger partial charge in [-0.2, -0.15) is 0 Å². The molecule has 0 radical (unpaired) electrons. The van der Waals surface area contributed by atoms with E-state index in [1.54, 1.807) is 16.2 Å². The summed E-state index contributed by atoms with van der Waals surface area (Å²) >= 11 is 1.57. The highest BCUT2D eigenvalue weighted by Gasteiger charge is 2.20. The van der Waals surface area contributed by atoms with E-state index >= 15 is 0 Å². The molecule has 3 rings (SSSR count). The smallest absolute Gasteiger partial charge is 0.228 e. The van der Waals surface area contributed by atoms with Crippen molar-refractivity contribution in [3.05, 3.63) is 33.7 Å². The number of carbonyl (C=O) groups excluding carboxylic acids is 1. The van der Waals surface area contributed by atoms with Crippen LogP contribution in [0.4, 0.5) is 5.82 Å². The fraction of sp³-hybridized carbons (Fsp3) is 0.556. The average Bonchev–Trinajstić information content (AvgIpc) is 3.06. The van der Waals surface area contributed by atoms with Crippen molar-refractivity contribution in [3.63, 3.8) is 0 Å². The molecule has 8 heteroatoms. The van der Waals surface area contributed by atoms with Crippen molar-refractivity contribution in [3.8, 4) is 0 Å². The summed E-state index contributed by atoms with van der Waals surface area (Å²) in [5, 5.41) is 9.44. The molecule has 1 aliphatic rings. The normalized spacial score (nSPS) is 17.1. The molecule has 1 fully saturated rings. The third-order valence-electron chi connectivity index (χ3n) is 4.54. The van der Waals surface area contributed by atoms with E-state index < -0.39 is 0 Å². The van der Waals surface area contributed by atoms with E-state index in [4.69, 9.17) is 4.98 Å². The Balaban J connectivity index is 1.70. The van der Waals surface area contributed by atoms with Crippen LogP contribution in [0.25, 0.3) is 0 Å². The molecule has 0 aliphatic carbocycles. The predicted octanol–water partition coefficient (Wildman–Crippen LogP) is 1.95. The highest BCUT2D eigenvalue weighted by molar-refractivity contribution is 7.09. The molecule has 1 amide bonds. The van der Waals surface area contributed by atoms with E-state index in [2.05, 4.69) is 20.6 Å². The summed E-state index contributed by atoms with van der Waals surface area (Å²) in [6.07, 6.45) is 2.56. The van der Waals surface area contributed by atoms with Gasteiger partial charge >= 0.3 is 0 Å². The number of anilines is 1. The number of aryl methyl sites for hydroxylation is 1. The number of hydrogen-bond donors (Lipinski definition) is 2. The van der Waals surface area contributed by atoms with Crippen LogP contribution in [0.5, 0.6) is 0 Å². The van der Waals surface area contributed by atoms with Crippen LogP contribution in [0.1, 0.15) is 41.0 Å². The molecule has 26 heavy (non-hydrogen) atoms. The zero-order valence-electron chi connectivity index (χ0n) is 15.6. The highest BCUT2D eigenvalue weighted by Crippen LogP contribution is 2.22. The summed E-state index contributed by atoms with van der Waals surface area (Å²) in [4.78, 5) is 27.9. The van der Waals surface area contributed by atoms with Crippen LogP contribution in [-0.2, 0) is 17.8 Å². The molecule has 0 bridgehead atoms. The number of nitrogens with one attached hydrogen (secondary N) is 2. The first-order chi connectivity index (χ1) is 12.5. The predicted molar refractivity (Wildman–Crippen MR) is 103 cm³/mol. The number of aromatic nitrogens is 3. The van der Waals surface area contributed by atoms with Crippen LogP contribution in [-0.4, -0.2) is 52.9 Å². The first kappa shape index (κ1) is 18.7. The van der Waals surface area contributed by atoms with Crippen molar-refractivity contribution in [1.29, 1.82) is 0 Å². The van der Waals surface area contributed by atoms with Gasteiger partial charge in [-0.15, -0.1) is 11.3 Å². The number of amides is 1. The first-order valence-electron chi connectivity index (χ1n) is 8.96. The second kappa shape index (κ2) is 8.55. The fourth-order valence-corrected chi connectivity index (χ4v) is 3.70. The van der Waals surface area contributed by atoms with E-state index in [1.165, 1.54) is 0 Å². The van der Waals surface area contributed by atoms with Gasteiger partial charge in [-0.05, 0) is 26.3 Å². The van der Waals surface area contributed by atoms with Crippen LogP contribution in [0.3, 0.4) is 0 Å². The molecule has 0 unspecified atom stereocenters. The second-order valence-electron chi connectivity index (χ2n) is 6.68. The Bertz CT molecular complexity index is 756. The van der Waals surface area contributed by atoms with Crippen molar-refractivity contribution in [2.45, 2.75) is 38.6 Å². The third kappa shape index (κ3) is 4.76. The minimum Gasteiger partial charge on any atom is -0.373 e. The van der Waals surface area contributed by atoms with Crippen LogP contribution < -0.4 is 10.6 Å². The van der Waals surface area contributed by atoms with Gasteiger partial charge in [0.25, 0.3) is 0 Å². The van der Waals surface area contributed by atoms with Crippen LogP contribution in [0.15, 0.2) is 11.4 Å². The number of rotatable bonds is 6. The minimum atomic E-state index is 0.0424. The van der Waals surface area contributed by atoms with Gasteiger partial charge in [0.1, 0.15) is 11.6 Å². The van der Waals surface area contributed by atoms with Crippen molar-refractivity contribution < 1.29 is 4.79 Å². The van der Waals surface area contributed by atoms with Crippen LogP contribution in [0.2, 0.25) is 0 Å². The molecule has 2 N–H and O–H groups in total. The lowest BCUT2D eigenvalue weighted by atomic mass is 9.99. The number of nitrogens with zero attached hydrogens (tertiary/aromatic N) is 4. The fourth-order valence-electron chi connectivity index (χ4n) is 3.09. The van der Waals surface area contributed by atoms with Crippen molar-refractivity contribution in [2.75, 3.05) is 32.5 Å².